The Hall–Kier alpha value is -3.36. The van der Waals surface area contributed by atoms with Gasteiger partial charge in [0.15, 0.2) is 0 Å². The quantitative estimate of drug-likeness (QED) is 0.454. The molecule has 0 radical (unpaired) electrons. The highest BCUT2D eigenvalue weighted by Crippen LogP contribution is 2.42. The lowest BCUT2D eigenvalue weighted by molar-refractivity contribution is 0.0586. The van der Waals surface area contributed by atoms with Crippen molar-refractivity contribution >= 4 is 5.69 Å². The van der Waals surface area contributed by atoms with Crippen molar-refractivity contribution in [3.05, 3.63) is 138 Å². The standard InChI is InChI=1S/C26H23NO/c28-26(22-15-7-2-8-16-22,23-17-9-3-10-18-23)25(21-13-5-1-6-14-21)27-24-19-11-4-12-20-24/h1-20,25,27-28H/t25-/m1/s1. The molecular formula is C26H23NO. The summed E-state index contributed by atoms with van der Waals surface area (Å²) in [6.07, 6.45) is 0. The van der Waals surface area contributed by atoms with Gasteiger partial charge >= 0.3 is 0 Å². The van der Waals surface area contributed by atoms with Gasteiger partial charge in [-0.25, -0.2) is 0 Å². The molecule has 0 spiro atoms. The summed E-state index contributed by atoms with van der Waals surface area (Å²) in [6.45, 7) is 0. The maximum atomic E-state index is 12.3. The molecule has 0 fully saturated rings. The maximum Gasteiger partial charge on any atom is 0.139 e. The lowest BCUT2D eigenvalue weighted by atomic mass is 9.77. The van der Waals surface area contributed by atoms with Crippen molar-refractivity contribution in [3.8, 4) is 0 Å². The van der Waals surface area contributed by atoms with Gasteiger partial charge in [0.1, 0.15) is 5.60 Å². The van der Waals surface area contributed by atoms with Crippen LogP contribution in [0.15, 0.2) is 121 Å². The number of hydrogen-bond donors (Lipinski definition) is 2. The Morgan fingerprint density at radius 2 is 0.929 bits per heavy atom. The van der Waals surface area contributed by atoms with Gasteiger partial charge in [-0.3, -0.25) is 0 Å². The highest BCUT2D eigenvalue weighted by Gasteiger charge is 2.41. The second-order valence-corrected chi connectivity index (χ2v) is 6.85. The molecule has 138 valence electrons. The molecule has 0 saturated heterocycles. The molecule has 2 N–H and O–H groups in total. The molecule has 4 rings (SSSR count). The predicted molar refractivity (Wildman–Crippen MR) is 115 cm³/mol. The monoisotopic (exact) mass is 365 g/mol. The van der Waals surface area contributed by atoms with Crippen molar-refractivity contribution in [2.24, 2.45) is 0 Å². The second kappa shape index (κ2) is 8.12. The molecule has 0 aliphatic rings. The minimum absolute atomic E-state index is 0.374. The summed E-state index contributed by atoms with van der Waals surface area (Å²) in [6, 6.07) is 39.5. The Kier molecular flexibility index (Phi) is 5.22. The number of rotatable bonds is 6. The van der Waals surface area contributed by atoms with Crippen molar-refractivity contribution < 1.29 is 5.11 Å². The summed E-state index contributed by atoms with van der Waals surface area (Å²) in [4.78, 5) is 0. The average Bonchev–Trinajstić information content (AvgIpc) is 2.79. The first kappa shape index (κ1) is 18.0. The van der Waals surface area contributed by atoms with Crippen LogP contribution in [0, 0.1) is 0 Å². The van der Waals surface area contributed by atoms with Crippen LogP contribution in [0.25, 0.3) is 0 Å². The minimum Gasteiger partial charge on any atom is -0.378 e. The summed E-state index contributed by atoms with van der Waals surface area (Å²) in [5, 5.41) is 15.8. The van der Waals surface area contributed by atoms with Crippen LogP contribution in [-0.4, -0.2) is 5.11 Å². The van der Waals surface area contributed by atoms with Crippen molar-refractivity contribution in [3.63, 3.8) is 0 Å². The zero-order valence-electron chi connectivity index (χ0n) is 15.6. The van der Waals surface area contributed by atoms with Crippen molar-refractivity contribution in [2.75, 3.05) is 5.32 Å². The highest BCUT2D eigenvalue weighted by molar-refractivity contribution is 5.50. The van der Waals surface area contributed by atoms with E-state index < -0.39 is 5.60 Å². The summed E-state index contributed by atoms with van der Waals surface area (Å²) in [5.41, 5.74) is 2.42. The molecule has 0 aliphatic carbocycles. The topological polar surface area (TPSA) is 32.3 Å². The van der Waals surface area contributed by atoms with Gasteiger partial charge in [0, 0.05) is 5.69 Å². The molecular weight excluding hydrogens is 342 g/mol. The van der Waals surface area contributed by atoms with E-state index in [9.17, 15) is 5.11 Å². The first-order chi connectivity index (χ1) is 13.8. The molecule has 0 aromatic heterocycles. The fraction of sp³-hybridized carbons (Fsp3) is 0.0769. The molecule has 2 heteroatoms. The van der Waals surface area contributed by atoms with Crippen molar-refractivity contribution in [1.29, 1.82) is 0 Å². The van der Waals surface area contributed by atoms with Crippen LogP contribution in [0.5, 0.6) is 0 Å². The average molecular weight is 365 g/mol. The van der Waals surface area contributed by atoms with Gasteiger partial charge < -0.3 is 10.4 Å². The predicted octanol–water partition coefficient (Wildman–Crippen LogP) is 5.78. The van der Waals surface area contributed by atoms with Crippen LogP contribution in [0.4, 0.5) is 5.69 Å². The molecule has 28 heavy (non-hydrogen) atoms. The largest absolute Gasteiger partial charge is 0.378 e. The van der Waals surface area contributed by atoms with E-state index in [1.165, 1.54) is 0 Å². The Bertz CT molecular complexity index is 946. The van der Waals surface area contributed by atoms with E-state index in [-0.39, 0.29) is 6.04 Å². The Balaban J connectivity index is 1.91. The Labute approximate surface area is 166 Å². The van der Waals surface area contributed by atoms with Crippen molar-refractivity contribution in [2.45, 2.75) is 11.6 Å². The van der Waals surface area contributed by atoms with Gasteiger partial charge in [-0.1, -0.05) is 109 Å². The van der Waals surface area contributed by atoms with Crippen LogP contribution < -0.4 is 5.32 Å². The number of nitrogens with one attached hydrogen (secondary N) is 1. The molecule has 0 aliphatic heterocycles. The fourth-order valence-electron chi connectivity index (χ4n) is 3.66. The van der Waals surface area contributed by atoms with Gasteiger partial charge in [-0.15, -0.1) is 0 Å². The molecule has 0 heterocycles. The summed E-state index contributed by atoms with van der Waals surface area (Å²) in [7, 11) is 0. The molecule has 1 atom stereocenters. The second-order valence-electron chi connectivity index (χ2n) is 6.85. The maximum absolute atomic E-state index is 12.3. The van der Waals surface area contributed by atoms with Gasteiger partial charge in [0.05, 0.1) is 6.04 Å². The fourth-order valence-corrected chi connectivity index (χ4v) is 3.66. The zero-order chi connectivity index (χ0) is 19.2. The van der Waals surface area contributed by atoms with Crippen LogP contribution in [0.2, 0.25) is 0 Å². The third kappa shape index (κ3) is 3.55. The molecule has 0 bridgehead atoms. The first-order valence-corrected chi connectivity index (χ1v) is 9.48. The number of para-hydroxylation sites is 1. The van der Waals surface area contributed by atoms with Gasteiger partial charge in [0.2, 0.25) is 0 Å². The smallest absolute Gasteiger partial charge is 0.139 e. The van der Waals surface area contributed by atoms with Crippen LogP contribution in [0.1, 0.15) is 22.7 Å². The summed E-state index contributed by atoms with van der Waals surface area (Å²) in [5.74, 6) is 0. The summed E-state index contributed by atoms with van der Waals surface area (Å²) >= 11 is 0. The van der Waals surface area contributed by atoms with E-state index in [1.807, 2.05) is 109 Å². The van der Waals surface area contributed by atoms with E-state index in [0.717, 1.165) is 22.4 Å². The Morgan fingerprint density at radius 1 is 0.536 bits per heavy atom. The zero-order valence-corrected chi connectivity index (χ0v) is 15.6. The minimum atomic E-state index is -1.25. The van der Waals surface area contributed by atoms with E-state index in [4.69, 9.17) is 0 Å². The number of aliphatic hydroxyl groups is 1. The van der Waals surface area contributed by atoms with Gasteiger partial charge in [-0.2, -0.15) is 0 Å². The molecule has 2 nitrogen and oxygen atoms in total. The van der Waals surface area contributed by atoms with Gasteiger partial charge in [0.25, 0.3) is 0 Å². The number of anilines is 1. The molecule has 4 aromatic carbocycles. The van der Waals surface area contributed by atoms with Crippen LogP contribution in [-0.2, 0) is 5.60 Å². The van der Waals surface area contributed by atoms with Crippen LogP contribution >= 0.6 is 0 Å². The summed E-state index contributed by atoms with van der Waals surface area (Å²) < 4.78 is 0. The SMILES string of the molecule is OC(c1ccccc1)(c1ccccc1)[C@H](Nc1ccccc1)c1ccccc1. The molecule has 0 amide bonds. The van der Waals surface area contributed by atoms with E-state index >= 15 is 0 Å². The van der Waals surface area contributed by atoms with E-state index in [2.05, 4.69) is 17.4 Å². The lowest BCUT2D eigenvalue weighted by Crippen LogP contribution is -2.39. The van der Waals surface area contributed by atoms with Crippen LogP contribution in [0.3, 0.4) is 0 Å². The number of hydrogen-bond acceptors (Lipinski definition) is 2. The third-order valence-electron chi connectivity index (χ3n) is 5.06. The van der Waals surface area contributed by atoms with Gasteiger partial charge in [-0.05, 0) is 28.8 Å². The third-order valence-corrected chi connectivity index (χ3v) is 5.06. The lowest BCUT2D eigenvalue weighted by Gasteiger charge is -2.38. The molecule has 4 aromatic rings. The first-order valence-electron chi connectivity index (χ1n) is 9.48. The van der Waals surface area contributed by atoms with E-state index in [1.54, 1.807) is 0 Å². The Morgan fingerprint density at radius 3 is 1.39 bits per heavy atom. The molecule has 0 saturated carbocycles. The van der Waals surface area contributed by atoms with E-state index in [0.29, 0.717) is 0 Å². The normalized spacial score (nSPS) is 12.3. The number of benzene rings is 4. The molecule has 0 unspecified atom stereocenters. The van der Waals surface area contributed by atoms with Crippen molar-refractivity contribution in [1.82, 2.24) is 0 Å². The highest BCUT2D eigenvalue weighted by atomic mass is 16.3.